The summed E-state index contributed by atoms with van der Waals surface area (Å²) in [7, 11) is 0. The molecule has 2 rings (SSSR count). The molecule has 1 atom stereocenters. The smallest absolute Gasteiger partial charge is 0.0871 e. The monoisotopic (exact) mass is 155 g/mol. The van der Waals surface area contributed by atoms with Crippen LogP contribution >= 0.6 is 0 Å². The van der Waals surface area contributed by atoms with Crippen LogP contribution in [0.1, 0.15) is 25.7 Å². The van der Waals surface area contributed by atoms with Gasteiger partial charge in [-0.15, -0.1) is 0 Å². The zero-order valence-electron chi connectivity index (χ0n) is 6.84. The van der Waals surface area contributed by atoms with Crippen molar-refractivity contribution in [1.82, 2.24) is 0 Å². The van der Waals surface area contributed by atoms with Crippen molar-refractivity contribution in [3.63, 3.8) is 0 Å². The van der Waals surface area contributed by atoms with E-state index in [0.717, 1.165) is 19.8 Å². The van der Waals surface area contributed by atoms with Gasteiger partial charge in [-0.1, -0.05) is 12.8 Å². The minimum absolute atomic E-state index is 0.339. The average molecular weight is 155 g/mol. The van der Waals surface area contributed by atoms with Crippen molar-refractivity contribution in [1.29, 1.82) is 0 Å². The van der Waals surface area contributed by atoms with Gasteiger partial charge in [-0.05, 0) is 12.8 Å². The minimum atomic E-state index is 0.339. The number of ether oxygens (including phenoxy) is 2. The molecular formula is C9H15O2. The van der Waals surface area contributed by atoms with Crippen LogP contribution in [0.5, 0.6) is 0 Å². The highest BCUT2D eigenvalue weighted by Gasteiger charge is 2.27. The average Bonchev–Trinajstić information content (AvgIpc) is 2.58. The van der Waals surface area contributed by atoms with Crippen LogP contribution in [-0.4, -0.2) is 25.9 Å². The van der Waals surface area contributed by atoms with Crippen LogP contribution in [0.3, 0.4) is 0 Å². The van der Waals surface area contributed by atoms with Crippen molar-refractivity contribution < 1.29 is 9.47 Å². The highest BCUT2D eigenvalue weighted by molar-refractivity contribution is 5.02. The number of hydrogen-bond donors (Lipinski definition) is 0. The van der Waals surface area contributed by atoms with Crippen LogP contribution < -0.4 is 0 Å². The summed E-state index contributed by atoms with van der Waals surface area (Å²) in [4.78, 5) is 0. The molecule has 1 heterocycles. The molecule has 1 aliphatic heterocycles. The van der Waals surface area contributed by atoms with Crippen molar-refractivity contribution in [3.05, 3.63) is 5.92 Å². The van der Waals surface area contributed by atoms with E-state index in [4.69, 9.17) is 9.47 Å². The van der Waals surface area contributed by atoms with E-state index in [0.29, 0.717) is 6.10 Å². The van der Waals surface area contributed by atoms with Gasteiger partial charge in [0.25, 0.3) is 0 Å². The van der Waals surface area contributed by atoms with Crippen LogP contribution in [0.4, 0.5) is 0 Å². The molecule has 1 aliphatic carbocycles. The van der Waals surface area contributed by atoms with Crippen LogP contribution in [0.2, 0.25) is 0 Å². The minimum Gasteiger partial charge on any atom is -0.376 e. The van der Waals surface area contributed by atoms with Gasteiger partial charge in [-0.3, -0.25) is 0 Å². The maximum atomic E-state index is 5.60. The Morgan fingerprint density at radius 3 is 2.55 bits per heavy atom. The van der Waals surface area contributed by atoms with Crippen LogP contribution in [-0.2, 0) is 9.47 Å². The quantitative estimate of drug-likeness (QED) is 0.572. The molecule has 0 aromatic heterocycles. The van der Waals surface area contributed by atoms with E-state index in [9.17, 15) is 0 Å². The first kappa shape index (κ1) is 7.56. The summed E-state index contributed by atoms with van der Waals surface area (Å²) in [6.07, 6.45) is 5.60. The molecule has 0 aromatic carbocycles. The Labute approximate surface area is 67.9 Å². The second-order valence-electron chi connectivity index (χ2n) is 3.30. The molecule has 1 unspecified atom stereocenters. The van der Waals surface area contributed by atoms with Crippen molar-refractivity contribution >= 4 is 0 Å². The SMILES string of the molecule is C1CC[C](C2COCCO2)C1. The Kier molecular flexibility index (Phi) is 2.44. The standard InChI is InChI=1S/C9H15O2/c1-2-4-8(3-1)9-7-10-5-6-11-9/h9H,1-7H2. The third-order valence-corrected chi connectivity index (χ3v) is 2.52. The first-order valence-electron chi connectivity index (χ1n) is 4.51. The predicted molar refractivity (Wildman–Crippen MR) is 42.3 cm³/mol. The third-order valence-electron chi connectivity index (χ3n) is 2.52. The lowest BCUT2D eigenvalue weighted by atomic mass is 10.0. The highest BCUT2D eigenvalue weighted by atomic mass is 16.6. The molecule has 0 bridgehead atoms. The molecule has 2 fully saturated rings. The summed E-state index contributed by atoms with van der Waals surface area (Å²) in [5.74, 6) is 1.59. The van der Waals surface area contributed by atoms with E-state index in [1.807, 2.05) is 0 Å². The Morgan fingerprint density at radius 1 is 1.09 bits per heavy atom. The molecule has 2 aliphatic rings. The van der Waals surface area contributed by atoms with Gasteiger partial charge >= 0.3 is 0 Å². The van der Waals surface area contributed by atoms with E-state index in [2.05, 4.69) is 0 Å². The van der Waals surface area contributed by atoms with Gasteiger partial charge in [0, 0.05) is 5.92 Å². The molecule has 1 saturated heterocycles. The second kappa shape index (κ2) is 3.55. The van der Waals surface area contributed by atoms with Crippen molar-refractivity contribution in [2.75, 3.05) is 19.8 Å². The van der Waals surface area contributed by atoms with E-state index in [1.54, 1.807) is 5.92 Å². The molecule has 0 spiro atoms. The summed E-state index contributed by atoms with van der Waals surface area (Å²) in [5.41, 5.74) is 0. The van der Waals surface area contributed by atoms with Gasteiger partial charge in [0.15, 0.2) is 0 Å². The maximum Gasteiger partial charge on any atom is 0.0871 e. The van der Waals surface area contributed by atoms with E-state index in [1.165, 1.54) is 25.7 Å². The Hall–Kier alpha value is -0.0800. The van der Waals surface area contributed by atoms with Gasteiger partial charge in [0.05, 0.1) is 25.9 Å². The van der Waals surface area contributed by atoms with Crippen LogP contribution in [0.25, 0.3) is 0 Å². The molecule has 1 saturated carbocycles. The normalized spacial score (nSPS) is 34.4. The molecule has 0 amide bonds. The molecule has 1 radical (unpaired) electrons. The van der Waals surface area contributed by atoms with Gasteiger partial charge in [0.2, 0.25) is 0 Å². The fourth-order valence-corrected chi connectivity index (χ4v) is 1.87. The highest BCUT2D eigenvalue weighted by Crippen LogP contribution is 2.32. The van der Waals surface area contributed by atoms with E-state index in [-0.39, 0.29) is 0 Å². The largest absolute Gasteiger partial charge is 0.376 e. The van der Waals surface area contributed by atoms with Gasteiger partial charge < -0.3 is 9.47 Å². The molecule has 11 heavy (non-hydrogen) atoms. The van der Waals surface area contributed by atoms with Gasteiger partial charge in [0.1, 0.15) is 0 Å². The molecule has 2 heteroatoms. The summed E-state index contributed by atoms with van der Waals surface area (Å²) >= 11 is 0. The lowest BCUT2D eigenvalue weighted by molar-refractivity contribution is -0.0823. The lowest BCUT2D eigenvalue weighted by Gasteiger charge is -2.27. The molecule has 2 nitrogen and oxygen atoms in total. The summed E-state index contributed by atoms with van der Waals surface area (Å²) in [6, 6.07) is 0. The van der Waals surface area contributed by atoms with Crippen LogP contribution in [0, 0.1) is 5.92 Å². The van der Waals surface area contributed by atoms with E-state index < -0.39 is 0 Å². The van der Waals surface area contributed by atoms with E-state index >= 15 is 0 Å². The number of rotatable bonds is 1. The molecule has 0 N–H and O–H groups in total. The Bertz CT molecular complexity index is 113. The summed E-state index contributed by atoms with van der Waals surface area (Å²) < 4.78 is 10.9. The second-order valence-corrected chi connectivity index (χ2v) is 3.30. The molecule has 63 valence electrons. The zero-order chi connectivity index (χ0) is 7.52. The summed E-state index contributed by atoms with van der Waals surface area (Å²) in [5, 5.41) is 0. The topological polar surface area (TPSA) is 18.5 Å². The molecular weight excluding hydrogens is 140 g/mol. The molecule has 0 aromatic rings. The summed E-state index contributed by atoms with van der Waals surface area (Å²) in [6.45, 7) is 2.37. The third kappa shape index (κ3) is 1.74. The lowest BCUT2D eigenvalue weighted by Crippen LogP contribution is -2.32. The maximum absolute atomic E-state index is 5.60. The Balaban J connectivity index is 1.82. The van der Waals surface area contributed by atoms with Crippen LogP contribution in [0.15, 0.2) is 0 Å². The van der Waals surface area contributed by atoms with Gasteiger partial charge in [-0.2, -0.15) is 0 Å². The van der Waals surface area contributed by atoms with Gasteiger partial charge in [-0.25, -0.2) is 0 Å². The van der Waals surface area contributed by atoms with Crippen molar-refractivity contribution in [3.8, 4) is 0 Å². The van der Waals surface area contributed by atoms with Crippen molar-refractivity contribution in [2.45, 2.75) is 31.8 Å². The van der Waals surface area contributed by atoms with Crippen molar-refractivity contribution in [2.24, 2.45) is 0 Å². The Morgan fingerprint density at radius 2 is 1.91 bits per heavy atom. The fourth-order valence-electron chi connectivity index (χ4n) is 1.87. The predicted octanol–water partition coefficient (Wildman–Crippen LogP) is 1.55. The first-order valence-corrected chi connectivity index (χ1v) is 4.51. The first-order chi connectivity index (χ1) is 5.47. The number of hydrogen-bond acceptors (Lipinski definition) is 2. The zero-order valence-corrected chi connectivity index (χ0v) is 6.84. The fraction of sp³-hybridized carbons (Fsp3) is 0.889.